The lowest BCUT2D eigenvalue weighted by Gasteiger charge is -2.34. The van der Waals surface area contributed by atoms with Gasteiger partial charge in [-0.05, 0) is 119 Å². The molecule has 3 aromatic heterocycles. The third-order valence-electron chi connectivity index (χ3n) is 17.8. The Balaban J connectivity index is 0.000000143. The summed E-state index contributed by atoms with van der Waals surface area (Å²) < 4.78 is 50.4. The van der Waals surface area contributed by atoms with Crippen LogP contribution in [0, 0.1) is 29.9 Å². The second-order valence-electron chi connectivity index (χ2n) is 22.8. The summed E-state index contributed by atoms with van der Waals surface area (Å²) in [6.45, 7) is 8.81. The zero-order valence-corrected chi connectivity index (χ0v) is 46.6. The lowest BCUT2D eigenvalue weighted by Crippen LogP contribution is -2.51. The fourth-order valence-electron chi connectivity index (χ4n) is 13.6. The van der Waals surface area contributed by atoms with Crippen LogP contribution in [0.1, 0.15) is 94.2 Å². The molecule has 0 radical (unpaired) electrons. The highest BCUT2D eigenvalue weighted by Crippen LogP contribution is 2.38. The Morgan fingerprint density at radius 1 is 0.852 bits per heavy atom. The fourth-order valence-corrected chi connectivity index (χ4v) is 13.6. The first kappa shape index (κ1) is 56.0. The summed E-state index contributed by atoms with van der Waals surface area (Å²) in [6, 6.07) is 15.9. The molecule has 428 valence electrons. The van der Waals surface area contributed by atoms with E-state index in [1.807, 2.05) is 24.1 Å². The number of imidazole rings is 1. The molecule has 0 aliphatic carbocycles. The number of aromatic nitrogens is 5. The Kier molecular flexibility index (Phi) is 17.1. The number of imide groups is 1. The Morgan fingerprint density at radius 2 is 1.63 bits per heavy atom. The Morgan fingerprint density at radius 3 is 2.36 bits per heavy atom. The number of anilines is 1. The summed E-state index contributed by atoms with van der Waals surface area (Å²) in [5, 5.41) is 7.60. The normalized spacial score (nSPS) is 23.5. The molecule has 13 rings (SSSR count). The van der Waals surface area contributed by atoms with E-state index < -0.39 is 23.6 Å². The van der Waals surface area contributed by atoms with E-state index in [4.69, 9.17) is 20.6 Å². The maximum Gasteiger partial charge on any atom is 0.329 e. The van der Waals surface area contributed by atoms with Gasteiger partial charge in [-0.3, -0.25) is 43.6 Å². The third kappa shape index (κ3) is 11.7. The number of terminal acetylenes is 1. The van der Waals surface area contributed by atoms with Crippen molar-refractivity contribution in [3.8, 4) is 29.6 Å². The first-order chi connectivity index (χ1) is 39.4. The van der Waals surface area contributed by atoms with Gasteiger partial charge in [-0.25, -0.2) is 13.6 Å². The Hall–Kier alpha value is -6.89. The molecular formula is C61H73F2N11O7. The predicted octanol–water partition coefficient (Wildman–Crippen LogP) is 6.48. The number of hydrogen-bond acceptors (Lipinski definition) is 14. The highest BCUT2D eigenvalue weighted by atomic mass is 19.1. The van der Waals surface area contributed by atoms with Crippen LogP contribution in [0.5, 0.6) is 6.01 Å². The van der Waals surface area contributed by atoms with Crippen LogP contribution >= 0.6 is 0 Å². The van der Waals surface area contributed by atoms with Crippen molar-refractivity contribution in [1.29, 1.82) is 0 Å². The van der Waals surface area contributed by atoms with E-state index in [0.29, 0.717) is 52.0 Å². The van der Waals surface area contributed by atoms with Crippen molar-refractivity contribution in [3.05, 3.63) is 88.0 Å². The van der Waals surface area contributed by atoms with Crippen molar-refractivity contribution in [1.82, 2.24) is 49.4 Å². The topological polar surface area (TPSA) is 182 Å². The number of piperazine rings is 1. The van der Waals surface area contributed by atoms with Crippen molar-refractivity contribution in [2.24, 2.45) is 13.0 Å². The van der Waals surface area contributed by atoms with Crippen LogP contribution in [0.15, 0.2) is 59.5 Å². The number of hydrogen-bond donors (Lipinski definition) is 2. The standard InChI is InChI=1S/C26H21F2N5O.C26H35N5O5.C9H17NO/c1-3-17-20(27)10-7-14-5-4-6-18(21(14)17)23-22(28)24-19(11-29-23)25(32-26(31-24)34-2)33-12-15-8-9-16(13-33)30-15;1-28-24-19(3-2-4-21(24)31(26(28)35)22-5-6-23(33)27-25(22)34)15-29-11-7-18(8-12-29)16-36-20-9-13-30(17-32)14-10-20;1-11-7-9-5-4-8-3-2-6-10(8)9/h1,4-7,10-11,15-16,30H,8-9,12-13H2,2H3;2-4,17-18,20,22H,5-16H2,1H3,(H,27,33,34);8-9H,2-7H2,1H3. The highest BCUT2D eigenvalue weighted by Gasteiger charge is 2.37. The zero-order valence-electron chi connectivity index (χ0n) is 46.6. The molecule has 18 nitrogen and oxygen atoms in total. The molecule has 10 heterocycles. The summed E-state index contributed by atoms with van der Waals surface area (Å²) in [4.78, 5) is 70.5. The molecule has 81 heavy (non-hydrogen) atoms. The average molecular weight is 1110 g/mol. The molecule has 5 unspecified atom stereocenters. The number of nitrogens with zero attached hydrogens (tertiary/aromatic N) is 9. The van der Waals surface area contributed by atoms with E-state index in [1.54, 1.807) is 46.6 Å². The summed E-state index contributed by atoms with van der Waals surface area (Å²) in [5.41, 5.74) is 3.05. The number of rotatable bonds is 12. The van der Waals surface area contributed by atoms with Gasteiger partial charge in [0.25, 0.3) is 0 Å². The number of methoxy groups -OCH3 is 2. The van der Waals surface area contributed by atoms with Crippen molar-refractivity contribution in [3.63, 3.8) is 0 Å². The van der Waals surface area contributed by atoms with Crippen LogP contribution in [0.2, 0.25) is 0 Å². The maximum atomic E-state index is 16.1. The second-order valence-corrected chi connectivity index (χ2v) is 22.8. The summed E-state index contributed by atoms with van der Waals surface area (Å²) in [6.07, 6.45) is 20.7. The van der Waals surface area contributed by atoms with Gasteiger partial charge >= 0.3 is 11.7 Å². The maximum absolute atomic E-state index is 16.1. The molecule has 0 saturated carbocycles. The van der Waals surface area contributed by atoms with E-state index in [0.717, 1.165) is 133 Å². The number of aryl methyl sites for hydroxylation is 1. The number of halogens is 2. The number of ether oxygens (including phenoxy) is 3. The van der Waals surface area contributed by atoms with Gasteiger partial charge in [-0.1, -0.05) is 42.3 Å². The summed E-state index contributed by atoms with van der Waals surface area (Å²) in [7, 11) is 5.02. The monoisotopic (exact) mass is 1110 g/mol. The SMILES string of the molecule is C#Cc1c(F)ccc2cccc(-c3ncc4c(N5CC6CCC(C5)N6)nc(OC)nc4c3F)c12.COCC1CCC2CCCN21.Cn1c(=O)n(C2CCC(=O)NC2=O)c2cccc(CN3CCC(COC4CCN(C=O)CC4)CC3)c21. The third-order valence-corrected chi connectivity index (χ3v) is 17.8. The molecule has 7 fully saturated rings. The quantitative estimate of drug-likeness (QED) is 0.0772. The van der Waals surface area contributed by atoms with E-state index in [9.17, 15) is 23.6 Å². The highest BCUT2D eigenvalue weighted by molar-refractivity contribution is 6.02. The number of amides is 3. The number of nitrogens with one attached hydrogen (secondary N) is 2. The van der Waals surface area contributed by atoms with Crippen molar-refractivity contribution >= 4 is 56.8 Å². The summed E-state index contributed by atoms with van der Waals surface area (Å²) >= 11 is 0. The molecule has 3 amide bonds. The molecular weight excluding hydrogens is 1040 g/mol. The largest absolute Gasteiger partial charge is 0.467 e. The van der Waals surface area contributed by atoms with Gasteiger partial charge in [-0.2, -0.15) is 9.97 Å². The Bertz CT molecular complexity index is 3390. The fraction of sp³-hybridized carbons (Fsp3) is 0.525. The van der Waals surface area contributed by atoms with Crippen LogP contribution in [-0.4, -0.2) is 161 Å². The molecule has 3 aromatic carbocycles. The van der Waals surface area contributed by atoms with E-state index in [2.05, 4.69) is 52.3 Å². The second kappa shape index (κ2) is 24.7. The number of carbonyl (C=O) groups is 3. The lowest BCUT2D eigenvalue weighted by molar-refractivity contribution is -0.135. The summed E-state index contributed by atoms with van der Waals surface area (Å²) in [5.74, 6) is 1.68. The minimum Gasteiger partial charge on any atom is -0.467 e. The smallest absolute Gasteiger partial charge is 0.329 e. The van der Waals surface area contributed by atoms with Gasteiger partial charge in [0, 0.05) is 101 Å². The molecule has 0 spiro atoms. The van der Waals surface area contributed by atoms with Crippen LogP contribution in [0.4, 0.5) is 14.6 Å². The van der Waals surface area contributed by atoms with Gasteiger partial charge in [0.1, 0.15) is 28.9 Å². The molecule has 2 bridgehead atoms. The number of piperidine rings is 3. The van der Waals surface area contributed by atoms with Gasteiger partial charge in [0.2, 0.25) is 18.2 Å². The molecule has 7 aliphatic heterocycles. The van der Waals surface area contributed by atoms with E-state index >= 15 is 4.39 Å². The molecule has 2 N–H and O–H groups in total. The van der Waals surface area contributed by atoms with Crippen molar-refractivity contribution < 1.29 is 37.4 Å². The van der Waals surface area contributed by atoms with Gasteiger partial charge in [0.15, 0.2) is 5.82 Å². The van der Waals surface area contributed by atoms with Crippen LogP contribution in [0.25, 0.3) is 44.0 Å². The number of carbonyl (C=O) groups excluding carboxylic acids is 3. The van der Waals surface area contributed by atoms with Gasteiger partial charge in [-0.15, -0.1) is 6.42 Å². The minimum atomic E-state index is -0.671. The van der Waals surface area contributed by atoms with E-state index in [1.165, 1.54) is 45.4 Å². The molecule has 7 saturated heterocycles. The number of benzene rings is 3. The van der Waals surface area contributed by atoms with Crippen molar-refractivity contribution in [2.45, 2.75) is 120 Å². The van der Waals surface area contributed by atoms with Gasteiger partial charge in [0.05, 0.1) is 41.8 Å². The lowest BCUT2D eigenvalue weighted by atomic mass is 9.96. The molecule has 20 heteroatoms. The van der Waals surface area contributed by atoms with Crippen LogP contribution in [0.3, 0.4) is 0 Å². The zero-order chi connectivity index (χ0) is 56.3. The van der Waals surface area contributed by atoms with Crippen LogP contribution in [-0.2, 0) is 37.4 Å². The average Bonchev–Trinajstić information content (AvgIpc) is 4.30. The van der Waals surface area contributed by atoms with Crippen molar-refractivity contribution in [2.75, 3.05) is 78.1 Å². The van der Waals surface area contributed by atoms with Crippen LogP contribution < -0.4 is 26.0 Å². The molecule has 5 atom stereocenters. The molecule has 6 aromatic rings. The first-order valence-corrected chi connectivity index (χ1v) is 28.8. The first-order valence-electron chi connectivity index (χ1n) is 28.8. The number of likely N-dealkylation sites (tertiary alicyclic amines) is 2. The van der Waals surface area contributed by atoms with E-state index in [-0.39, 0.29) is 46.9 Å². The number of pyridine rings is 1. The Labute approximate surface area is 470 Å². The van der Waals surface area contributed by atoms with Gasteiger partial charge < -0.3 is 29.3 Å². The number of fused-ring (bicyclic) bond motifs is 6. The number of para-hydroxylation sites is 1. The molecule has 7 aliphatic rings. The minimum absolute atomic E-state index is 0.0484. The predicted molar refractivity (Wildman–Crippen MR) is 305 cm³/mol.